The maximum atomic E-state index is 9.76. The maximum absolute atomic E-state index is 9.76. The molecule has 0 saturated heterocycles. The average Bonchev–Trinajstić information content (AvgIpc) is 3.08. The number of nitrogens with zero attached hydrogens (tertiary/aromatic N) is 3. The Bertz CT molecular complexity index is 1260. The van der Waals surface area contributed by atoms with E-state index in [-0.39, 0.29) is 0 Å². The average molecular weight is 389 g/mol. The third-order valence-corrected chi connectivity index (χ3v) is 5.28. The highest BCUT2D eigenvalue weighted by atomic mass is 35.5. The molecule has 5 nitrogen and oxygen atoms in total. The Morgan fingerprint density at radius 3 is 2.71 bits per heavy atom. The first-order valence-electron chi connectivity index (χ1n) is 9.07. The second kappa shape index (κ2) is 7.34. The van der Waals surface area contributed by atoms with Crippen molar-refractivity contribution < 1.29 is 4.40 Å². The van der Waals surface area contributed by atoms with E-state index in [9.17, 15) is 5.26 Å². The molecule has 2 aromatic heterocycles. The van der Waals surface area contributed by atoms with Crippen molar-refractivity contribution in [2.24, 2.45) is 5.10 Å². The molecular weight excluding hydrogens is 370 g/mol. The Morgan fingerprint density at radius 1 is 1.21 bits per heavy atom. The summed E-state index contributed by atoms with van der Waals surface area (Å²) < 4.78 is 2.03. The lowest BCUT2D eigenvalue weighted by Gasteiger charge is -2.10. The predicted molar refractivity (Wildman–Crippen MR) is 113 cm³/mol. The van der Waals surface area contributed by atoms with Crippen molar-refractivity contribution >= 4 is 40.3 Å². The van der Waals surface area contributed by atoms with Crippen LogP contribution in [-0.4, -0.2) is 11.2 Å². The molecule has 0 aliphatic rings. The minimum atomic E-state index is 0.643. The van der Waals surface area contributed by atoms with Crippen LogP contribution < -0.4 is 9.83 Å². The van der Waals surface area contributed by atoms with Gasteiger partial charge in [-0.3, -0.25) is 4.98 Å². The lowest BCUT2D eigenvalue weighted by Crippen LogP contribution is -2.28. The van der Waals surface area contributed by atoms with Crippen LogP contribution in [-0.2, 0) is 6.42 Å². The number of hydrogen-bond acceptors (Lipinski definition) is 3. The van der Waals surface area contributed by atoms with Crippen molar-refractivity contribution in [2.45, 2.75) is 20.3 Å². The zero-order valence-corrected chi connectivity index (χ0v) is 16.4. The van der Waals surface area contributed by atoms with Crippen LogP contribution in [0, 0.1) is 18.3 Å². The van der Waals surface area contributed by atoms with Gasteiger partial charge in [0, 0.05) is 16.1 Å². The molecular formula is C22H19ClN5+. The molecule has 0 spiro atoms. The molecule has 2 heterocycles. The van der Waals surface area contributed by atoms with E-state index in [2.05, 4.69) is 28.5 Å². The van der Waals surface area contributed by atoms with Crippen LogP contribution in [0.4, 0.5) is 5.82 Å². The summed E-state index contributed by atoms with van der Waals surface area (Å²) in [5, 5.41) is 14.8. The fourth-order valence-electron chi connectivity index (χ4n) is 3.56. The number of fused-ring (bicyclic) bond motifs is 3. The first-order chi connectivity index (χ1) is 13.7. The smallest absolute Gasteiger partial charge is 0.253 e. The SMILES string of the molecule is CCc1c(C)c(C#N)c2[nH]c3ccccc3[n+]2c1NN=Cc1ccccc1Cl. The molecule has 0 aliphatic carbocycles. The summed E-state index contributed by atoms with van der Waals surface area (Å²) in [5.74, 6) is 0.842. The quantitative estimate of drug-likeness (QED) is 0.301. The number of anilines is 1. The van der Waals surface area contributed by atoms with Gasteiger partial charge >= 0.3 is 0 Å². The number of hydrogen-bond donors (Lipinski definition) is 2. The number of aromatic amines is 1. The molecule has 2 aromatic carbocycles. The fourth-order valence-corrected chi connectivity index (χ4v) is 3.74. The van der Waals surface area contributed by atoms with Crippen LogP contribution in [0.2, 0.25) is 5.02 Å². The number of rotatable bonds is 4. The zero-order chi connectivity index (χ0) is 19.7. The lowest BCUT2D eigenvalue weighted by atomic mass is 10.0. The van der Waals surface area contributed by atoms with Gasteiger partial charge in [0.1, 0.15) is 22.7 Å². The van der Waals surface area contributed by atoms with Gasteiger partial charge in [0.25, 0.3) is 5.82 Å². The van der Waals surface area contributed by atoms with Gasteiger partial charge in [0.05, 0.1) is 6.21 Å². The van der Waals surface area contributed by atoms with Crippen molar-refractivity contribution in [1.82, 2.24) is 4.98 Å². The van der Waals surface area contributed by atoms with E-state index in [0.29, 0.717) is 10.6 Å². The van der Waals surface area contributed by atoms with Crippen molar-refractivity contribution in [3.05, 3.63) is 75.8 Å². The van der Waals surface area contributed by atoms with Crippen LogP contribution in [0.1, 0.15) is 29.2 Å². The number of hydrazone groups is 1. The molecule has 4 rings (SSSR count). The number of nitriles is 1. The largest absolute Gasteiger partial charge is 0.269 e. The summed E-state index contributed by atoms with van der Waals surface area (Å²) in [4.78, 5) is 3.37. The first kappa shape index (κ1) is 18.0. The number of aromatic nitrogens is 2. The summed E-state index contributed by atoms with van der Waals surface area (Å²) in [6.07, 6.45) is 2.48. The molecule has 0 fully saturated rings. The summed E-state index contributed by atoms with van der Waals surface area (Å²) in [7, 11) is 0. The van der Waals surface area contributed by atoms with Gasteiger partial charge in [-0.2, -0.15) is 15.1 Å². The number of para-hydroxylation sites is 2. The molecule has 0 bridgehead atoms. The summed E-state index contributed by atoms with van der Waals surface area (Å²) >= 11 is 6.22. The lowest BCUT2D eigenvalue weighted by molar-refractivity contribution is -0.465. The predicted octanol–water partition coefficient (Wildman–Crippen LogP) is 4.75. The van der Waals surface area contributed by atoms with Crippen LogP contribution in [0.15, 0.2) is 53.6 Å². The fraction of sp³-hybridized carbons (Fsp3) is 0.136. The molecule has 0 unspecified atom stereocenters. The van der Waals surface area contributed by atoms with Gasteiger partial charge in [-0.05, 0) is 37.1 Å². The normalized spacial score (nSPS) is 11.4. The molecule has 0 saturated carbocycles. The Kier molecular flexibility index (Phi) is 4.72. The van der Waals surface area contributed by atoms with Crippen molar-refractivity contribution in [2.75, 3.05) is 5.43 Å². The first-order valence-corrected chi connectivity index (χ1v) is 9.45. The van der Waals surface area contributed by atoms with Crippen molar-refractivity contribution in [1.29, 1.82) is 5.26 Å². The van der Waals surface area contributed by atoms with Gasteiger partial charge < -0.3 is 0 Å². The monoisotopic (exact) mass is 388 g/mol. The highest BCUT2D eigenvalue weighted by Crippen LogP contribution is 2.25. The third kappa shape index (κ3) is 2.88. The van der Waals surface area contributed by atoms with Crippen LogP contribution in [0.25, 0.3) is 16.7 Å². The van der Waals surface area contributed by atoms with E-state index in [1.807, 2.05) is 59.9 Å². The van der Waals surface area contributed by atoms with E-state index in [1.165, 1.54) is 0 Å². The minimum absolute atomic E-state index is 0.643. The molecule has 0 atom stereocenters. The number of nitrogens with one attached hydrogen (secondary N) is 2. The summed E-state index contributed by atoms with van der Waals surface area (Å²) in [6.45, 7) is 4.06. The zero-order valence-electron chi connectivity index (χ0n) is 15.6. The number of pyridine rings is 1. The topological polar surface area (TPSA) is 68.1 Å². The molecule has 0 aliphatic heterocycles. The second-order valence-corrected chi connectivity index (χ2v) is 6.92. The Hall–Kier alpha value is -3.36. The van der Waals surface area contributed by atoms with Crippen LogP contribution in [0.5, 0.6) is 0 Å². The Morgan fingerprint density at radius 2 is 1.96 bits per heavy atom. The number of benzene rings is 2. The van der Waals surface area contributed by atoms with E-state index in [4.69, 9.17) is 11.6 Å². The minimum Gasteiger partial charge on any atom is -0.269 e. The molecule has 138 valence electrons. The molecule has 2 N–H and O–H groups in total. The Labute approximate surface area is 167 Å². The molecule has 0 amide bonds. The number of imidazole rings is 1. The highest BCUT2D eigenvalue weighted by Gasteiger charge is 2.24. The van der Waals surface area contributed by atoms with Gasteiger partial charge in [0.15, 0.2) is 0 Å². The van der Waals surface area contributed by atoms with Gasteiger partial charge in [-0.25, -0.2) is 0 Å². The molecule has 4 aromatic rings. The number of H-pyrrole nitrogens is 1. The van der Waals surface area contributed by atoms with Gasteiger partial charge in [-0.15, -0.1) is 5.10 Å². The van der Waals surface area contributed by atoms with E-state index >= 15 is 0 Å². The number of halogens is 1. The van der Waals surface area contributed by atoms with Crippen molar-refractivity contribution in [3.8, 4) is 6.07 Å². The van der Waals surface area contributed by atoms with E-state index < -0.39 is 0 Å². The second-order valence-electron chi connectivity index (χ2n) is 6.51. The van der Waals surface area contributed by atoms with Crippen LogP contribution >= 0.6 is 11.6 Å². The van der Waals surface area contributed by atoms with E-state index in [0.717, 1.165) is 45.6 Å². The molecule has 28 heavy (non-hydrogen) atoms. The highest BCUT2D eigenvalue weighted by molar-refractivity contribution is 6.33. The van der Waals surface area contributed by atoms with Gasteiger partial charge in [-0.1, -0.05) is 48.9 Å². The van der Waals surface area contributed by atoms with Gasteiger partial charge in [0.2, 0.25) is 5.65 Å². The maximum Gasteiger partial charge on any atom is 0.253 e. The summed E-state index contributed by atoms with van der Waals surface area (Å²) in [5.41, 5.74) is 9.39. The van der Waals surface area contributed by atoms with E-state index in [1.54, 1.807) is 6.21 Å². The molecule has 0 radical (unpaired) electrons. The standard InChI is InChI=1S/C22H18ClN5/c1-3-16-14(2)17(12-24)21-26-19-10-6-7-11-20(19)28(21)22(16)27-25-13-15-8-4-5-9-18(15)23/h4-11,13H,3H2,1-2H3,(H,26,27)/p+1. The van der Waals surface area contributed by atoms with Crippen molar-refractivity contribution in [3.63, 3.8) is 0 Å². The third-order valence-electron chi connectivity index (χ3n) is 4.94. The van der Waals surface area contributed by atoms with Crippen LogP contribution in [0.3, 0.4) is 0 Å². The summed E-state index contributed by atoms with van der Waals surface area (Å²) in [6, 6.07) is 17.9. The molecule has 6 heteroatoms. The Balaban J connectivity index is 1.94.